The van der Waals surface area contributed by atoms with Gasteiger partial charge in [0, 0.05) is 81.8 Å². The Hall–Kier alpha value is -6.63. The van der Waals surface area contributed by atoms with Crippen molar-refractivity contribution >= 4 is 47.2 Å². The highest BCUT2D eigenvalue weighted by Gasteiger charge is 2.24. The molecule has 2 aromatic rings. The molecule has 0 saturated heterocycles. The first-order valence-electron chi connectivity index (χ1n) is 30.4. The molecule has 0 atom stereocenters. The smallest absolute Gasteiger partial charge is 0.407 e. The first-order chi connectivity index (χ1) is 42.7. The van der Waals surface area contributed by atoms with Crippen LogP contribution in [0.25, 0.3) is 0 Å². The molecule has 1 aliphatic carbocycles. The van der Waals surface area contributed by atoms with Gasteiger partial charge >= 0.3 is 6.09 Å². The number of nitrogens with one attached hydrogen (secondary N) is 3. The van der Waals surface area contributed by atoms with Crippen LogP contribution in [0.1, 0.15) is 80.9 Å². The van der Waals surface area contributed by atoms with Gasteiger partial charge in [-0.2, -0.15) is 0 Å². The summed E-state index contributed by atoms with van der Waals surface area (Å²) in [4.78, 5) is 91.2. The van der Waals surface area contributed by atoms with Crippen LogP contribution in [0.15, 0.2) is 72.8 Å². The number of amides is 7. The van der Waals surface area contributed by atoms with E-state index in [-0.39, 0.29) is 108 Å². The molecule has 87 heavy (non-hydrogen) atoms. The number of carbonyl (C=O) groups is 7. The Kier molecular flexibility index (Phi) is 37.3. The highest BCUT2D eigenvalue weighted by Crippen LogP contribution is 2.26. The number of imide groups is 1. The number of hydrogen-bond acceptors (Lipinski definition) is 18. The van der Waals surface area contributed by atoms with Crippen molar-refractivity contribution in [1.29, 1.82) is 0 Å². The van der Waals surface area contributed by atoms with Crippen LogP contribution >= 0.6 is 0 Å². The maximum atomic E-state index is 13.5. The topological polar surface area (TPSA) is 267 Å². The highest BCUT2D eigenvalue weighted by molar-refractivity contribution is 6.13. The summed E-state index contributed by atoms with van der Waals surface area (Å²) >= 11 is 0. The lowest BCUT2D eigenvalue weighted by Gasteiger charge is -2.26. The summed E-state index contributed by atoms with van der Waals surface area (Å²) in [7, 11) is 0. The van der Waals surface area contributed by atoms with Crippen molar-refractivity contribution in [3.05, 3.63) is 89.5 Å². The fourth-order valence-electron chi connectivity index (χ4n) is 8.85. The minimum absolute atomic E-state index is 0.0158. The second-order valence-corrected chi connectivity index (χ2v) is 20.1. The number of allylic oxidation sites excluding steroid dienone is 2. The fraction of sp³-hybridized carbons (Fsp3) is 0.603. The predicted molar refractivity (Wildman–Crippen MR) is 320 cm³/mol. The Balaban J connectivity index is 0.862. The Bertz CT molecular complexity index is 2460. The molecule has 0 saturated carbocycles. The van der Waals surface area contributed by atoms with Crippen molar-refractivity contribution in [1.82, 2.24) is 25.8 Å². The third kappa shape index (κ3) is 31.7. The normalized spacial score (nSPS) is 14.3. The summed E-state index contributed by atoms with van der Waals surface area (Å²) in [6, 6.07) is 15.3. The molecule has 24 heteroatoms. The minimum atomic E-state index is -0.421. The Morgan fingerprint density at radius 1 is 0.494 bits per heavy atom. The van der Waals surface area contributed by atoms with E-state index in [0.717, 1.165) is 65.8 Å². The molecule has 3 aliphatic rings. The van der Waals surface area contributed by atoms with Gasteiger partial charge in [0.05, 0.1) is 151 Å². The van der Waals surface area contributed by atoms with E-state index < -0.39 is 17.9 Å². The molecule has 480 valence electrons. The second kappa shape index (κ2) is 45.6. The number of benzene rings is 2. The summed E-state index contributed by atoms with van der Waals surface area (Å²) < 4.78 is 61.9. The lowest BCUT2D eigenvalue weighted by Crippen LogP contribution is -2.37. The van der Waals surface area contributed by atoms with Gasteiger partial charge in [-0.15, -0.1) is 0 Å². The molecule has 24 nitrogen and oxygen atoms in total. The van der Waals surface area contributed by atoms with Crippen molar-refractivity contribution in [2.24, 2.45) is 0 Å². The van der Waals surface area contributed by atoms with Crippen LogP contribution in [0.4, 0.5) is 10.5 Å². The van der Waals surface area contributed by atoms with E-state index in [1.54, 1.807) is 9.80 Å². The zero-order chi connectivity index (χ0) is 61.6. The third-order valence-electron chi connectivity index (χ3n) is 13.5. The molecular weight excluding hydrogens is 1130 g/mol. The quantitative estimate of drug-likeness (QED) is 0.0370. The molecule has 0 bridgehead atoms. The van der Waals surface area contributed by atoms with Gasteiger partial charge in [0.15, 0.2) is 0 Å². The maximum absolute atomic E-state index is 13.5. The Labute approximate surface area is 511 Å². The predicted octanol–water partition coefficient (Wildman–Crippen LogP) is 3.65. The average molecular weight is 1220 g/mol. The van der Waals surface area contributed by atoms with E-state index in [4.69, 9.17) is 52.1 Å². The van der Waals surface area contributed by atoms with Crippen LogP contribution in [0.2, 0.25) is 0 Å². The molecule has 0 radical (unpaired) electrons. The zero-order valence-corrected chi connectivity index (χ0v) is 50.4. The lowest BCUT2D eigenvalue weighted by atomic mass is 10.0. The van der Waals surface area contributed by atoms with Gasteiger partial charge in [-0.05, 0) is 62.3 Å². The van der Waals surface area contributed by atoms with Gasteiger partial charge in [-0.1, -0.05) is 54.3 Å². The van der Waals surface area contributed by atoms with Crippen LogP contribution < -0.4 is 20.9 Å². The first kappa shape index (κ1) is 71.1. The molecule has 7 amide bonds. The monoisotopic (exact) mass is 1220 g/mol. The van der Waals surface area contributed by atoms with Gasteiger partial charge in [0.1, 0.15) is 6.10 Å². The third-order valence-corrected chi connectivity index (χ3v) is 13.5. The zero-order valence-electron chi connectivity index (χ0n) is 50.4. The fourth-order valence-corrected chi connectivity index (χ4v) is 8.85. The van der Waals surface area contributed by atoms with Crippen LogP contribution in [0.3, 0.4) is 0 Å². The van der Waals surface area contributed by atoms with Crippen molar-refractivity contribution in [3.8, 4) is 11.8 Å². The number of carbonyl (C=O) groups excluding carboxylic acids is 7. The second-order valence-electron chi connectivity index (χ2n) is 20.1. The van der Waals surface area contributed by atoms with E-state index >= 15 is 0 Å². The summed E-state index contributed by atoms with van der Waals surface area (Å²) in [5, 5.41) is 8.25. The summed E-state index contributed by atoms with van der Waals surface area (Å²) in [5.41, 5.74) is 3.30. The minimum Gasteiger partial charge on any atom is -0.446 e. The van der Waals surface area contributed by atoms with E-state index in [9.17, 15) is 33.6 Å². The highest BCUT2D eigenvalue weighted by atomic mass is 16.6. The van der Waals surface area contributed by atoms with Gasteiger partial charge in [-0.25, -0.2) is 4.79 Å². The number of alkyl carbamates (subject to hydrolysis) is 1. The van der Waals surface area contributed by atoms with Crippen LogP contribution in [-0.2, 0) is 87.4 Å². The Morgan fingerprint density at radius 2 is 0.943 bits per heavy atom. The molecule has 0 spiro atoms. The number of para-hydroxylation sites is 1. The number of rotatable bonds is 46. The molecule has 5 rings (SSSR count). The van der Waals surface area contributed by atoms with Gasteiger partial charge in [0.25, 0.3) is 11.8 Å². The van der Waals surface area contributed by atoms with E-state index in [0.29, 0.717) is 125 Å². The summed E-state index contributed by atoms with van der Waals surface area (Å²) in [5.74, 6) is 4.75. The Morgan fingerprint density at radius 3 is 1.49 bits per heavy atom. The van der Waals surface area contributed by atoms with Gasteiger partial charge < -0.3 is 77.9 Å². The molecule has 0 fully saturated rings. The van der Waals surface area contributed by atoms with Crippen molar-refractivity contribution in [2.75, 3.05) is 176 Å². The number of nitrogens with zero attached hydrogens (tertiary/aromatic N) is 3. The molecule has 0 unspecified atom stereocenters. The largest absolute Gasteiger partial charge is 0.446 e. The van der Waals surface area contributed by atoms with Crippen molar-refractivity contribution in [3.63, 3.8) is 0 Å². The maximum Gasteiger partial charge on any atom is 0.407 e. The SMILES string of the molecule is O=C(CCC(=O)N1Cc2ccccc2C#Cc2ccccc21)NCCOCCOCCOCCN(CCOCCOCCOCCNC(=O)OC1CCC/C=C/CCC1)C(=O)CCOCCOCCOCCOCCNC(=O)CCN1C(=O)C=CC1=O. The van der Waals surface area contributed by atoms with Crippen LogP contribution in [0, 0.1) is 11.8 Å². The standard InChI is InChI=1S/C63H90N6O18/c70-57(19-20-62(75)69-51-54-13-8-7-11-52(54)17-18-53-12-9-10-16-56(53)69)64-25-32-78-38-44-84-47-41-81-35-29-67(30-36-82-42-48-85-46-40-80-34-27-66-63(76)87-55-14-5-3-1-2-4-6-15-55)59(72)24-31-77-37-43-83-49-50-86-45-39-79-33-26-65-58(71)23-28-68-60(73)21-22-61(68)74/h1-2,7-13,16,21-22,55H,3-6,14-15,19-20,23-51H2,(H,64,70)(H,65,71)(H,66,76)/b2-1+. The average Bonchev–Trinajstić information content (AvgIpc) is 3.17. The first-order valence-corrected chi connectivity index (χ1v) is 30.4. The summed E-state index contributed by atoms with van der Waals surface area (Å²) in [6.45, 7) is 8.20. The molecule has 0 aromatic heterocycles. The number of anilines is 1. The molecular formula is C63H90N6O18. The number of ether oxygens (including phenoxy) is 11. The molecule has 3 N–H and O–H groups in total. The van der Waals surface area contributed by atoms with Gasteiger partial charge in [0.2, 0.25) is 23.6 Å². The van der Waals surface area contributed by atoms with E-state index in [2.05, 4.69) is 39.9 Å². The number of fused-ring (bicyclic) bond motifs is 2. The lowest BCUT2D eigenvalue weighted by molar-refractivity contribution is -0.137. The van der Waals surface area contributed by atoms with E-state index in [1.807, 2.05) is 48.5 Å². The van der Waals surface area contributed by atoms with E-state index in [1.165, 1.54) is 12.2 Å². The molecule has 2 aliphatic heterocycles. The van der Waals surface area contributed by atoms with Crippen molar-refractivity contribution in [2.45, 2.75) is 76.9 Å². The van der Waals surface area contributed by atoms with Crippen LogP contribution in [0.5, 0.6) is 0 Å². The van der Waals surface area contributed by atoms with Gasteiger partial charge in [-0.3, -0.25) is 33.7 Å². The van der Waals surface area contributed by atoms with Crippen LogP contribution in [-0.4, -0.2) is 229 Å². The molecule has 2 aromatic carbocycles. The van der Waals surface area contributed by atoms with Crippen molar-refractivity contribution < 1.29 is 85.7 Å². The summed E-state index contributed by atoms with van der Waals surface area (Å²) in [6.07, 6.45) is 12.3. The number of hydrogen-bond donors (Lipinski definition) is 3. The molecule has 2 heterocycles.